The van der Waals surface area contributed by atoms with Gasteiger partial charge >= 0.3 is 0 Å². The van der Waals surface area contributed by atoms with E-state index in [1.807, 2.05) is 0 Å². The molecule has 9 nitrogen and oxygen atoms in total. The molecule has 0 unspecified atom stereocenters. The average Bonchev–Trinajstić information content (AvgIpc) is 2.87. The molecule has 3 aliphatic heterocycles. The number of nitrogens with one attached hydrogen (secondary N) is 2. The van der Waals surface area contributed by atoms with E-state index in [1.165, 1.54) is 6.42 Å². The molecule has 0 aromatic heterocycles. The van der Waals surface area contributed by atoms with Crippen molar-refractivity contribution in [2.45, 2.75) is 55.6 Å². The van der Waals surface area contributed by atoms with E-state index in [2.05, 4.69) is 29.0 Å². The lowest BCUT2D eigenvalue weighted by atomic mass is 9.89. The van der Waals surface area contributed by atoms with Gasteiger partial charge in [-0.2, -0.15) is 0 Å². The van der Waals surface area contributed by atoms with E-state index in [0.29, 0.717) is 24.9 Å². The Bertz CT molecular complexity index is 1010. The first kappa shape index (κ1) is 28.7. The van der Waals surface area contributed by atoms with Gasteiger partial charge in [0.2, 0.25) is 5.91 Å². The van der Waals surface area contributed by atoms with Gasteiger partial charge in [-0.15, -0.1) is 12.4 Å². The zero-order chi connectivity index (χ0) is 25.2. The van der Waals surface area contributed by atoms with Crippen LogP contribution in [0.1, 0.15) is 46.0 Å². The highest BCUT2D eigenvalue weighted by Gasteiger charge is 2.51. The lowest BCUT2D eigenvalue weighted by Crippen LogP contribution is -2.57. The molecule has 11 heteroatoms. The molecule has 0 aliphatic carbocycles. The maximum atomic E-state index is 13.5. The largest absolute Gasteiger partial charge is 0.371 e. The van der Waals surface area contributed by atoms with E-state index in [0.717, 1.165) is 44.7 Å². The molecular formula is C25H39ClN4O5S. The Hall–Kier alpha value is -1.88. The Balaban J connectivity index is 0.00000361. The van der Waals surface area contributed by atoms with E-state index < -0.39 is 20.5 Å². The van der Waals surface area contributed by atoms with Crippen LogP contribution in [0.4, 0.5) is 5.69 Å². The van der Waals surface area contributed by atoms with Crippen molar-refractivity contribution in [1.82, 2.24) is 15.7 Å². The van der Waals surface area contributed by atoms with E-state index >= 15 is 0 Å². The summed E-state index contributed by atoms with van der Waals surface area (Å²) in [7, 11) is -4.00. The molecule has 4 rings (SSSR count). The molecule has 3 N–H and O–H groups in total. The number of halogens is 1. The van der Waals surface area contributed by atoms with E-state index in [9.17, 15) is 23.2 Å². The van der Waals surface area contributed by atoms with Crippen LogP contribution in [-0.4, -0.2) is 74.4 Å². The topological polar surface area (TPSA) is 119 Å². The number of carbonyl (C=O) groups is 2. The fourth-order valence-corrected chi connectivity index (χ4v) is 8.07. The maximum Gasteiger partial charge on any atom is 0.265 e. The first-order valence-corrected chi connectivity index (χ1v) is 14.2. The SMILES string of the molecule is C[C@@H]1C[C@H](C)CN(C(=O)C2CCN(c3ccc(S(=O)(=O)C4(C(=O)NO)CCNCC4)cc3)CC2)C1.Cl. The molecule has 3 saturated heterocycles. The van der Waals surface area contributed by atoms with Gasteiger partial charge < -0.3 is 15.1 Å². The first-order valence-electron chi connectivity index (χ1n) is 12.7. The number of amides is 2. The number of hydrogen-bond acceptors (Lipinski definition) is 7. The number of likely N-dealkylation sites (tertiary alicyclic amines) is 1. The second-order valence-corrected chi connectivity index (χ2v) is 12.9. The van der Waals surface area contributed by atoms with Gasteiger partial charge in [-0.3, -0.25) is 14.8 Å². The van der Waals surface area contributed by atoms with Crippen molar-refractivity contribution in [3.8, 4) is 0 Å². The van der Waals surface area contributed by atoms with Gasteiger partial charge in [0.1, 0.15) is 0 Å². The molecule has 202 valence electrons. The molecule has 3 fully saturated rings. The van der Waals surface area contributed by atoms with Crippen LogP contribution in [0.2, 0.25) is 0 Å². The van der Waals surface area contributed by atoms with Gasteiger partial charge in [0.25, 0.3) is 5.91 Å². The van der Waals surface area contributed by atoms with Crippen LogP contribution < -0.4 is 15.7 Å². The molecule has 1 aromatic carbocycles. The van der Waals surface area contributed by atoms with Crippen molar-refractivity contribution in [3.63, 3.8) is 0 Å². The summed E-state index contributed by atoms with van der Waals surface area (Å²) in [5.74, 6) is 0.529. The number of hydroxylamine groups is 1. The summed E-state index contributed by atoms with van der Waals surface area (Å²) in [4.78, 5) is 29.9. The Labute approximate surface area is 220 Å². The first-order chi connectivity index (χ1) is 16.7. The quantitative estimate of drug-likeness (QED) is 0.385. The minimum atomic E-state index is -4.00. The van der Waals surface area contributed by atoms with Crippen molar-refractivity contribution < 1.29 is 23.2 Å². The summed E-state index contributed by atoms with van der Waals surface area (Å²) in [6.07, 6.45) is 2.94. The van der Waals surface area contributed by atoms with Crippen molar-refractivity contribution in [1.29, 1.82) is 0 Å². The van der Waals surface area contributed by atoms with Crippen LogP contribution >= 0.6 is 12.4 Å². The number of sulfone groups is 1. The lowest BCUT2D eigenvalue weighted by molar-refractivity contribution is -0.139. The molecule has 0 saturated carbocycles. The third-order valence-electron chi connectivity index (χ3n) is 7.98. The Morgan fingerprint density at radius 1 is 1.03 bits per heavy atom. The number of hydrogen-bond donors (Lipinski definition) is 3. The Kier molecular flexibility index (Phi) is 9.30. The number of nitrogens with zero attached hydrogens (tertiary/aromatic N) is 2. The Morgan fingerprint density at radius 3 is 2.11 bits per heavy atom. The molecule has 0 bridgehead atoms. The smallest absolute Gasteiger partial charge is 0.265 e. The number of benzene rings is 1. The number of carbonyl (C=O) groups excluding carboxylic acids is 2. The van der Waals surface area contributed by atoms with Gasteiger partial charge in [0.05, 0.1) is 4.90 Å². The minimum absolute atomic E-state index is 0. The van der Waals surface area contributed by atoms with Crippen LogP contribution in [0.25, 0.3) is 0 Å². The normalized spacial score (nSPS) is 25.1. The summed E-state index contributed by atoms with van der Waals surface area (Å²) in [6, 6.07) is 6.64. The van der Waals surface area contributed by atoms with Gasteiger partial charge in [0, 0.05) is 37.8 Å². The van der Waals surface area contributed by atoms with Crippen molar-refractivity contribution >= 4 is 39.7 Å². The highest BCUT2D eigenvalue weighted by molar-refractivity contribution is 7.93. The summed E-state index contributed by atoms with van der Waals surface area (Å²) in [5, 5.41) is 12.3. The summed E-state index contributed by atoms with van der Waals surface area (Å²) >= 11 is 0. The van der Waals surface area contributed by atoms with Gasteiger partial charge in [-0.1, -0.05) is 13.8 Å². The molecule has 0 radical (unpaired) electrons. The van der Waals surface area contributed by atoms with Crippen molar-refractivity contribution in [3.05, 3.63) is 24.3 Å². The average molecular weight is 543 g/mol. The van der Waals surface area contributed by atoms with Crippen molar-refractivity contribution in [2.24, 2.45) is 17.8 Å². The maximum absolute atomic E-state index is 13.5. The molecule has 36 heavy (non-hydrogen) atoms. The molecule has 2 atom stereocenters. The predicted molar refractivity (Wildman–Crippen MR) is 140 cm³/mol. The van der Waals surface area contributed by atoms with Crippen molar-refractivity contribution in [2.75, 3.05) is 44.2 Å². The number of rotatable bonds is 5. The van der Waals surface area contributed by atoms with E-state index in [4.69, 9.17) is 0 Å². The van der Waals surface area contributed by atoms with Gasteiger partial charge in [-0.25, -0.2) is 13.9 Å². The second kappa shape index (κ2) is 11.7. The molecule has 2 amide bonds. The predicted octanol–water partition coefficient (Wildman–Crippen LogP) is 2.23. The molecule has 1 aromatic rings. The van der Waals surface area contributed by atoms with Crippen LogP contribution in [0.15, 0.2) is 29.2 Å². The summed E-state index contributed by atoms with van der Waals surface area (Å²) < 4.78 is 25.2. The monoisotopic (exact) mass is 542 g/mol. The highest BCUT2D eigenvalue weighted by atomic mass is 35.5. The van der Waals surface area contributed by atoms with Crippen LogP contribution in [0.5, 0.6) is 0 Å². The van der Waals surface area contributed by atoms with Crippen LogP contribution in [-0.2, 0) is 19.4 Å². The summed E-state index contributed by atoms with van der Waals surface area (Å²) in [6.45, 7) is 8.38. The second-order valence-electron chi connectivity index (χ2n) is 10.6. The number of anilines is 1. The van der Waals surface area contributed by atoms with Gasteiger partial charge in [-0.05, 0) is 81.3 Å². The molecule has 3 aliphatic rings. The Morgan fingerprint density at radius 2 is 1.58 bits per heavy atom. The van der Waals surface area contributed by atoms with Gasteiger partial charge in [0.15, 0.2) is 14.6 Å². The standard InChI is InChI=1S/C25H38N4O5S.ClH/c1-18-15-19(2)17-29(16-18)23(30)20-7-13-28(14-8-20)21-3-5-22(6-4-21)35(33,34)25(24(31)27-32)9-11-26-12-10-25;/h3-6,18-20,26,32H,7-17H2,1-2H3,(H,27,31);1H/t18-,19+;. The molecule has 0 spiro atoms. The molecule has 3 heterocycles. The van der Waals surface area contributed by atoms with Crippen LogP contribution in [0.3, 0.4) is 0 Å². The zero-order valence-corrected chi connectivity index (χ0v) is 22.7. The van der Waals surface area contributed by atoms with Crippen LogP contribution in [0, 0.1) is 17.8 Å². The van der Waals surface area contributed by atoms with E-state index in [1.54, 1.807) is 29.7 Å². The molecular weight excluding hydrogens is 504 g/mol. The zero-order valence-electron chi connectivity index (χ0n) is 21.1. The lowest BCUT2D eigenvalue weighted by Gasteiger charge is -2.39. The fourth-order valence-electron chi connectivity index (χ4n) is 6.10. The third kappa shape index (κ3) is 5.51. The number of piperidine rings is 3. The fraction of sp³-hybridized carbons (Fsp3) is 0.680. The van der Waals surface area contributed by atoms with E-state index in [-0.39, 0.29) is 42.0 Å². The minimum Gasteiger partial charge on any atom is -0.371 e. The summed E-state index contributed by atoms with van der Waals surface area (Å²) in [5.41, 5.74) is 2.47. The highest BCUT2D eigenvalue weighted by Crippen LogP contribution is 2.35. The third-order valence-corrected chi connectivity index (χ3v) is 10.5.